The van der Waals surface area contributed by atoms with Gasteiger partial charge in [0.1, 0.15) is 17.8 Å². The van der Waals surface area contributed by atoms with Crippen LogP contribution in [0.15, 0.2) is 42.9 Å². The zero-order valence-corrected chi connectivity index (χ0v) is 22.8. The van der Waals surface area contributed by atoms with E-state index >= 15 is 0 Å². The van der Waals surface area contributed by atoms with Gasteiger partial charge in [0, 0.05) is 68.6 Å². The summed E-state index contributed by atoms with van der Waals surface area (Å²) < 4.78 is 5.71. The van der Waals surface area contributed by atoms with Crippen LogP contribution in [0.3, 0.4) is 0 Å². The standard InChI is InChI=1S/C30H34N8O2/c1-40-28-27(32-18-33-29(28)34-22-5-6-22)21-4-7-24-25(15-21)36-26(35-24)16-23-14-19(8-9-31-23)17-37-10-12-38(13-11-37)30(39)20-2-3-20/h4,7-9,14-15,18,20,22H,2-3,5-6,10-13,16-17H2,1H3,(H,35,36)(H,32,33,34). The van der Waals surface area contributed by atoms with Crippen molar-refractivity contribution in [3.63, 3.8) is 0 Å². The first-order chi connectivity index (χ1) is 19.6. The maximum atomic E-state index is 12.4. The molecule has 2 N–H and O–H groups in total. The van der Waals surface area contributed by atoms with Crippen LogP contribution in [0.1, 0.15) is 42.8 Å². The van der Waals surface area contributed by atoms with Gasteiger partial charge in [-0.15, -0.1) is 0 Å². The molecular weight excluding hydrogens is 504 g/mol. The van der Waals surface area contributed by atoms with Gasteiger partial charge in [0.05, 0.1) is 18.1 Å². The molecular formula is C30H34N8O2. The quantitative estimate of drug-likeness (QED) is 0.332. The Kier molecular flexibility index (Phi) is 6.55. The van der Waals surface area contributed by atoms with Gasteiger partial charge in [-0.25, -0.2) is 15.0 Å². The van der Waals surface area contributed by atoms with Crippen LogP contribution in [0, 0.1) is 5.92 Å². The zero-order chi connectivity index (χ0) is 27.1. The van der Waals surface area contributed by atoms with E-state index in [0.717, 1.165) is 98.0 Å². The van der Waals surface area contributed by atoms with E-state index in [1.165, 1.54) is 5.56 Å². The SMILES string of the molecule is COc1c(NC2CC2)ncnc1-c1ccc2nc(Cc3cc(CN4CCN(C(=O)C5CC5)CC4)ccn3)[nH]c2c1. The Morgan fingerprint density at radius 3 is 2.67 bits per heavy atom. The second-order valence-corrected chi connectivity index (χ2v) is 11.1. The molecule has 1 aromatic carbocycles. The Balaban J connectivity index is 1.03. The number of carbonyl (C=O) groups excluding carboxylic acids is 1. The number of ether oxygens (including phenoxy) is 1. The van der Waals surface area contributed by atoms with Crippen molar-refractivity contribution in [3.8, 4) is 17.0 Å². The second kappa shape index (κ2) is 10.5. The molecule has 2 saturated carbocycles. The van der Waals surface area contributed by atoms with E-state index in [1.54, 1.807) is 13.4 Å². The Morgan fingerprint density at radius 1 is 1.05 bits per heavy atom. The predicted octanol–water partition coefficient (Wildman–Crippen LogP) is 3.64. The van der Waals surface area contributed by atoms with Crippen LogP contribution in [0.25, 0.3) is 22.3 Å². The van der Waals surface area contributed by atoms with E-state index in [1.807, 2.05) is 23.2 Å². The molecule has 1 aliphatic heterocycles. The third kappa shape index (κ3) is 5.36. The maximum Gasteiger partial charge on any atom is 0.225 e. The van der Waals surface area contributed by atoms with Crippen LogP contribution in [-0.2, 0) is 17.8 Å². The van der Waals surface area contributed by atoms with Crippen molar-refractivity contribution >= 4 is 22.8 Å². The lowest BCUT2D eigenvalue weighted by Gasteiger charge is -2.35. The summed E-state index contributed by atoms with van der Waals surface area (Å²) in [6.45, 7) is 4.35. The molecule has 4 heterocycles. The Hall–Kier alpha value is -4.05. The summed E-state index contributed by atoms with van der Waals surface area (Å²) in [4.78, 5) is 38.7. The summed E-state index contributed by atoms with van der Waals surface area (Å²) in [5, 5.41) is 3.43. The van der Waals surface area contributed by atoms with Crippen molar-refractivity contribution in [2.75, 3.05) is 38.6 Å². The molecule has 0 spiro atoms. The smallest absolute Gasteiger partial charge is 0.225 e. The van der Waals surface area contributed by atoms with Gasteiger partial charge in [-0.1, -0.05) is 6.07 Å². The van der Waals surface area contributed by atoms with Gasteiger partial charge in [-0.3, -0.25) is 14.7 Å². The lowest BCUT2D eigenvalue weighted by Crippen LogP contribution is -2.48. The molecule has 0 bridgehead atoms. The van der Waals surface area contributed by atoms with Crippen LogP contribution >= 0.6 is 0 Å². The summed E-state index contributed by atoms with van der Waals surface area (Å²) >= 11 is 0. The Labute approximate surface area is 233 Å². The van der Waals surface area contributed by atoms with E-state index in [9.17, 15) is 4.79 Å². The van der Waals surface area contributed by atoms with Gasteiger partial charge in [0.2, 0.25) is 5.91 Å². The fourth-order valence-electron chi connectivity index (χ4n) is 5.46. The Bertz CT molecular complexity index is 1540. The highest BCUT2D eigenvalue weighted by molar-refractivity contribution is 5.84. The molecule has 3 fully saturated rings. The number of aromatic amines is 1. The second-order valence-electron chi connectivity index (χ2n) is 11.1. The number of H-pyrrole nitrogens is 1. The van der Waals surface area contributed by atoms with Crippen LogP contribution in [0.2, 0.25) is 0 Å². The molecule has 0 atom stereocenters. The minimum atomic E-state index is 0.302. The number of hydrogen-bond acceptors (Lipinski definition) is 8. The minimum absolute atomic E-state index is 0.302. The van der Waals surface area contributed by atoms with Crippen molar-refractivity contribution in [1.82, 2.24) is 34.7 Å². The first-order valence-corrected chi connectivity index (χ1v) is 14.2. The van der Waals surface area contributed by atoms with E-state index in [-0.39, 0.29) is 0 Å². The number of carbonyl (C=O) groups is 1. The fraction of sp³-hybridized carbons (Fsp3) is 0.433. The van der Waals surface area contributed by atoms with Crippen molar-refractivity contribution < 1.29 is 9.53 Å². The molecule has 40 heavy (non-hydrogen) atoms. The van der Waals surface area contributed by atoms with Crippen molar-refractivity contribution in [2.45, 2.75) is 44.7 Å². The van der Waals surface area contributed by atoms with Crippen molar-refractivity contribution in [3.05, 3.63) is 59.9 Å². The number of hydrogen-bond donors (Lipinski definition) is 2. The summed E-state index contributed by atoms with van der Waals surface area (Å²) in [5.41, 5.74) is 5.76. The van der Waals surface area contributed by atoms with Gasteiger partial charge < -0.3 is 19.9 Å². The average Bonchev–Trinajstić information content (AvgIpc) is 3.91. The normalized spacial score (nSPS) is 17.8. The number of nitrogens with zero attached hydrogens (tertiary/aromatic N) is 6. The molecule has 2 aliphatic carbocycles. The topological polar surface area (TPSA) is 112 Å². The molecule has 1 saturated heterocycles. The highest BCUT2D eigenvalue weighted by Gasteiger charge is 2.34. The molecule has 4 aromatic rings. The molecule has 10 nitrogen and oxygen atoms in total. The Morgan fingerprint density at radius 2 is 1.90 bits per heavy atom. The van der Waals surface area contributed by atoms with Crippen molar-refractivity contribution in [1.29, 1.82) is 0 Å². The number of benzene rings is 1. The number of imidazole rings is 1. The number of pyridine rings is 1. The molecule has 3 aliphatic rings. The van der Waals surface area contributed by atoms with Gasteiger partial charge >= 0.3 is 0 Å². The lowest BCUT2D eigenvalue weighted by molar-refractivity contribution is -0.134. The van der Waals surface area contributed by atoms with Crippen LogP contribution in [-0.4, -0.2) is 80.0 Å². The molecule has 10 heteroatoms. The highest BCUT2D eigenvalue weighted by Crippen LogP contribution is 2.36. The molecule has 1 amide bonds. The maximum absolute atomic E-state index is 12.4. The summed E-state index contributed by atoms with van der Waals surface area (Å²) in [6, 6.07) is 10.8. The van der Waals surface area contributed by atoms with E-state index in [4.69, 9.17) is 9.72 Å². The lowest BCUT2D eigenvalue weighted by atomic mass is 10.1. The largest absolute Gasteiger partial charge is 0.491 e. The van der Waals surface area contributed by atoms with Crippen LogP contribution < -0.4 is 10.1 Å². The predicted molar refractivity (Wildman–Crippen MR) is 152 cm³/mol. The first-order valence-electron chi connectivity index (χ1n) is 14.2. The number of anilines is 1. The third-order valence-electron chi connectivity index (χ3n) is 7.98. The molecule has 206 valence electrons. The summed E-state index contributed by atoms with van der Waals surface area (Å²) in [5.74, 6) is 2.92. The van der Waals surface area contributed by atoms with Gasteiger partial charge in [0.25, 0.3) is 0 Å². The first kappa shape index (κ1) is 25.0. The molecule has 0 radical (unpaired) electrons. The summed E-state index contributed by atoms with van der Waals surface area (Å²) in [7, 11) is 1.66. The number of methoxy groups -OCH3 is 1. The molecule has 7 rings (SSSR count). The van der Waals surface area contributed by atoms with Crippen LogP contribution in [0.5, 0.6) is 5.75 Å². The van der Waals surface area contributed by atoms with Gasteiger partial charge in [-0.2, -0.15) is 0 Å². The van der Waals surface area contributed by atoms with Gasteiger partial charge in [0.15, 0.2) is 11.6 Å². The molecule has 3 aromatic heterocycles. The number of aromatic nitrogens is 5. The number of rotatable bonds is 9. The van der Waals surface area contributed by atoms with Gasteiger partial charge in [-0.05, 0) is 55.5 Å². The number of nitrogens with one attached hydrogen (secondary N) is 2. The number of amides is 1. The van der Waals surface area contributed by atoms with E-state index in [0.29, 0.717) is 30.0 Å². The van der Waals surface area contributed by atoms with Crippen LogP contribution in [0.4, 0.5) is 5.82 Å². The monoisotopic (exact) mass is 538 g/mol. The minimum Gasteiger partial charge on any atom is -0.491 e. The molecule has 0 unspecified atom stereocenters. The van der Waals surface area contributed by atoms with Crippen molar-refractivity contribution in [2.24, 2.45) is 5.92 Å². The number of fused-ring (bicyclic) bond motifs is 1. The summed E-state index contributed by atoms with van der Waals surface area (Å²) in [6.07, 6.45) is 8.53. The number of piperazine rings is 1. The van der Waals surface area contributed by atoms with E-state index < -0.39 is 0 Å². The highest BCUT2D eigenvalue weighted by atomic mass is 16.5. The third-order valence-corrected chi connectivity index (χ3v) is 7.98. The fourth-order valence-corrected chi connectivity index (χ4v) is 5.46. The zero-order valence-electron chi connectivity index (χ0n) is 22.8. The van der Waals surface area contributed by atoms with E-state index in [2.05, 4.69) is 48.4 Å². The average molecular weight is 539 g/mol.